The lowest BCUT2D eigenvalue weighted by molar-refractivity contribution is -0.384. The van der Waals surface area contributed by atoms with E-state index in [0.717, 1.165) is 31.7 Å². The fourth-order valence-electron chi connectivity index (χ4n) is 2.85. The SMILES string of the molecule is CC(C)NCC1CCCN(Cc2ccc([N+](=O)[O-])cc2)C1. The van der Waals surface area contributed by atoms with Crippen molar-refractivity contribution >= 4 is 5.69 Å². The van der Waals surface area contributed by atoms with Crippen molar-refractivity contribution in [1.82, 2.24) is 10.2 Å². The molecule has 1 fully saturated rings. The van der Waals surface area contributed by atoms with Crippen LogP contribution in [0.5, 0.6) is 0 Å². The molecule has 0 radical (unpaired) electrons. The molecular weight excluding hydrogens is 266 g/mol. The lowest BCUT2D eigenvalue weighted by Crippen LogP contribution is -2.40. The smallest absolute Gasteiger partial charge is 0.269 e. The van der Waals surface area contributed by atoms with Gasteiger partial charge in [-0.1, -0.05) is 26.0 Å². The standard InChI is InChI=1S/C16H25N3O2/c1-13(2)17-10-15-4-3-9-18(12-15)11-14-5-7-16(8-6-14)19(20)21/h5-8,13,15,17H,3-4,9-12H2,1-2H3. The minimum atomic E-state index is -0.349. The van der Waals surface area contributed by atoms with Crippen LogP contribution < -0.4 is 5.32 Å². The number of nitro groups is 1. The van der Waals surface area contributed by atoms with Gasteiger partial charge in [-0.15, -0.1) is 0 Å². The highest BCUT2D eigenvalue weighted by atomic mass is 16.6. The van der Waals surface area contributed by atoms with Crippen LogP contribution in [0.3, 0.4) is 0 Å². The van der Waals surface area contributed by atoms with Crippen molar-refractivity contribution in [2.75, 3.05) is 19.6 Å². The molecule has 0 saturated carbocycles. The van der Waals surface area contributed by atoms with Gasteiger partial charge in [0.2, 0.25) is 0 Å². The summed E-state index contributed by atoms with van der Waals surface area (Å²) in [7, 11) is 0. The molecular formula is C16H25N3O2. The molecule has 2 rings (SSSR count). The van der Waals surface area contributed by atoms with Gasteiger partial charge < -0.3 is 5.32 Å². The van der Waals surface area contributed by atoms with E-state index in [-0.39, 0.29) is 10.6 Å². The molecule has 0 bridgehead atoms. The topological polar surface area (TPSA) is 58.4 Å². The number of hydrogen-bond donors (Lipinski definition) is 1. The van der Waals surface area contributed by atoms with E-state index in [0.29, 0.717) is 12.0 Å². The Hall–Kier alpha value is -1.46. The van der Waals surface area contributed by atoms with Crippen molar-refractivity contribution in [3.8, 4) is 0 Å². The summed E-state index contributed by atoms with van der Waals surface area (Å²) < 4.78 is 0. The van der Waals surface area contributed by atoms with Gasteiger partial charge in [0.1, 0.15) is 0 Å². The van der Waals surface area contributed by atoms with Gasteiger partial charge in [-0.25, -0.2) is 0 Å². The van der Waals surface area contributed by atoms with Gasteiger partial charge in [0.15, 0.2) is 0 Å². The number of nitro benzene ring substituents is 1. The van der Waals surface area contributed by atoms with E-state index in [1.807, 2.05) is 12.1 Å². The number of likely N-dealkylation sites (tertiary alicyclic amines) is 1. The molecule has 5 nitrogen and oxygen atoms in total. The van der Waals surface area contributed by atoms with E-state index < -0.39 is 0 Å². The second kappa shape index (κ2) is 7.52. The highest BCUT2D eigenvalue weighted by Crippen LogP contribution is 2.19. The first kappa shape index (κ1) is 15.9. The summed E-state index contributed by atoms with van der Waals surface area (Å²) in [6.45, 7) is 8.55. The molecule has 0 spiro atoms. The molecule has 1 heterocycles. The van der Waals surface area contributed by atoms with Crippen molar-refractivity contribution in [1.29, 1.82) is 0 Å². The molecule has 1 aromatic carbocycles. The Kier molecular flexibility index (Phi) is 5.70. The van der Waals surface area contributed by atoms with Gasteiger partial charge in [-0.05, 0) is 37.4 Å². The normalized spacial score (nSPS) is 19.9. The van der Waals surface area contributed by atoms with Crippen LogP contribution in [0.1, 0.15) is 32.3 Å². The number of rotatable bonds is 6. The zero-order valence-electron chi connectivity index (χ0n) is 12.9. The van der Waals surface area contributed by atoms with Crippen LogP contribution in [-0.2, 0) is 6.54 Å². The lowest BCUT2D eigenvalue weighted by atomic mass is 9.97. The molecule has 0 aliphatic carbocycles. The summed E-state index contributed by atoms with van der Waals surface area (Å²) in [5, 5.41) is 14.2. The lowest BCUT2D eigenvalue weighted by Gasteiger charge is -2.33. The van der Waals surface area contributed by atoms with Crippen molar-refractivity contribution in [3.05, 3.63) is 39.9 Å². The Labute approximate surface area is 126 Å². The Morgan fingerprint density at radius 1 is 1.38 bits per heavy atom. The predicted molar refractivity (Wildman–Crippen MR) is 84.2 cm³/mol. The Morgan fingerprint density at radius 2 is 2.10 bits per heavy atom. The van der Waals surface area contributed by atoms with E-state index in [9.17, 15) is 10.1 Å². The zero-order valence-corrected chi connectivity index (χ0v) is 12.9. The second-order valence-corrected chi connectivity index (χ2v) is 6.23. The summed E-state index contributed by atoms with van der Waals surface area (Å²) >= 11 is 0. The van der Waals surface area contributed by atoms with Gasteiger partial charge >= 0.3 is 0 Å². The minimum absolute atomic E-state index is 0.163. The van der Waals surface area contributed by atoms with Crippen LogP contribution in [0.25, 0.3) is 0 Å². The Morgan fingerprint density at radius 3 is 2.71 bits per heavy atom. The fourth-order valence-corrected chi connectivity index (χ4v) is 2.85. The zero-order chi connectivity index (χ0) is 15.2. The highest BCUT2D eigenvalue weighted by Gasteiger charge is 2.20. The molecule has 1 unspecified atom stereocenters. The molecule has 21 heavy (non-hydrogen) atoms. The first-order valence-electron chi connectivity index (χ1n) is 7.73. The Balaban J connectivity index is 1.85. The van der Waals surface area contributed by atoms with Crippen LogP contribution >= 0.6 is 0 Å². The molecule has 1 atom stereocenters. The fraction of sp³-hybridized carbons (Fsp3) is 0.625. The largest absolute Gasteiger partial charge is 0.314 e. The molecule has 1 saturated heterocycles. The van der Waals surface area contributed by atoms with Crippen LogP contribution in [0.4, 0.5) is 5.69 Å². The summed E-state index contributed by atoms with van der Waals surface area (Å²) in [6, 6.07) is 7.46. The van der Waals surface area contributed by atoms with Gasteiger partial charge in [-0.3, -0.25) is 15.0 Å². The summed E-state index contributed by atoms with van der Waals surface area (Å²) in [5.74, 6) is 0.708. The van der Waals surface area contributed by atoms with Crippen molar-refractivity contribution < 1.29 is 4.92 Å². The second-order valence-electron chi connectivity index (χ2n) is 6.23. The van der Waals surface area contributed by atoms with E-state index in [1.165, 1.54) is 12.8 Å². The summed E-state index contributed by atoms with van der Waals surface area (Å²) in [4.78, 5) is 12.8. The third-order valence-electron chi connectivity index (χ3n) is 3.97. The third kappa shape index (κ3) is 5.10. The maximum absolute atomic E-state index is 10.7. The molecule has 116 valence electrons. The monoisotopic (exact) mass is 291 g/mol. The quantitative estimate of drug-likeness (QED) is 0.647. The minimum Gasteiger partial charge on any atom is -0.314 e. The maximum atomic E-state index is 10.7. The summed E-state index contributed by atoms with van der Waals surface area (Å²) in [6.07, 6.45) is 2.52. The molecule has 1 N–H and O–H groups in total. The average molecular weight is 291 g/mol. The number of hydrogen-bond acceptors (Lipinski definition) is 4. The van der Waals surface area contributed by atoms with Crippen molar-refractivity contribution in [3.63, 3.8) is 0 Å². The number of benzene rings is 1. The number of piperidine rings is 1. The number of non-ortho nitro benzene ring substituents is 1. The maximum Gasteiger partial charge on any atom is 0.269 e. The van der Waals surface area contributed by atoms with E-state index in [2.05, 4.69) is 24.1 Å². The van der Waals surface area contributed by atoms with E-state index >= 15 is 0 Å². The van der Waals surface area contributed by atoms with E-state index in [4.69, 9.17) is 0 Å². The molecule has 0 aromatic heterocycles. The van der Waals surface area contributed by atoms with Crippen molar-refractivity contribution in [2.45, 2.75) is 39.3 Å². The number of nitrogens with one attached hydrogen (secondary N) is 1. The van der Waals surface area contributed by atoms with Crippen LogP contribution in [0, 0.1) is 16.0 Å². The third-order valence-corrected chi connectivity index (χ3v) is 3.97. The van der Waals surface area contributed by atoms with Crippen LogP contribution in [0.15, 0.2) is 24.3 Å². The van der Waals surface area contributed by atoms with Crippen LogP contribution in [0.2, 0.25) is 0 Å². The predicted octanol–water partition coefficient (Wildman–Crippen LogP) is 2.80. The molecule has 1 aliphatic heterocycles. The summed E-state index contributed by atoms with van der Waals surface area (Å²) in [5.41, 5.74) is 1.31. The van der Waals surface area contributed by atoms with Crippen LogP contribution in [-0.4, -0.2) is 35.5 Å². The molecule has 5 heteroatoms. The highest BCUT2D eigenvalue weighted by molar-refractivity contribution is 5.32. The first-order chi connectivity index (χ1) is 10.0. The molecule has 1 aromatic rings. The van der Waals surface area contributed by atoms with Gasteiger partial charge in [0.25, 0.3) is 5.69 Å². The van der Waals surface area contributed by atoms with Gasteiger partial charge in [-0.2, -0.15) is 0 Å². The van der Waals surface area contributed by atoms with Gasteiger partial charge in [0.05, 0.1) is 4.92 Å². The molecule has 0 amide bonds. The molecule has 1 aliphatic rings. The van der Waals surface area contributed by atoms with Gasteiger partial charge in [0, 0.05) is 31.3 Å². The average Bonchev–Trinajstić information content (AvgIpc) is 2.46. The number of nitrogens with zero attached hydrogens (tertiary/aromatic N) is 2. The first-order valence-corrected chi connectivity index (χ1v) is 7.73. The Bertz CT molecular complexity index is 459. The van der Waals surface area contributed by atoms with Crippen molar-refractivity contribution in [2.24, 2.45) is 5.92 Å². The van der Waals surface area contributed by atoms with E-state index in [1.54, 1.807) is 12.1 Å².